The van der Waals surface area contributed by atoms with Crippen LogP contribution in [0, 0.1) is 6.92 Å². The van der Waals surface area contributed by atoms with Gasteiger partial charge in [0.25, 0.3) is 11.8 Å². The normalized spacial score (nSPS) is 14.2. The molecule has 3 heterocycles. The van der Waals surface area contributed by atoms with E-state index in [9.17, 15) is 14.4 Å². The van der Waals surface area contributed by atoms with Gasteiger partial charge in [0.2, 0.25) is 0 Å². The van der Waals surface area contributed by atoms with Crippen LogP contribution in [0.4, 0.5) is 0 Å². The Balaban J connectivity index is 1.83. The van der Waals surface area contributed by atoms with Crippen molar-refractivity contribution in [2.24, 2.45) is 0 Å². The minimum absolute atomic E-state index is 0.0565. The van der Waals surface area contributed by atoms with Crippen LogP contribution in [0.1, 0.15) is 28.8 Å². The fraction of sp³-hybridized carbons (Fsp3) is 0.188. The Hall–Kier alpha value is -3.09. The molecule has 23 heavy (non-hydrogen) atoms. The molecule has 2 aromatic heterocycles. The van der Waals surface area contributed by atoms with Gasteiger partial charge in [-0.3, -0.25) is 19.6 Å². The van der Waals surface area contributed by atoms with Gasteiger partial charge in [0.15, 0.2) is 0 Å². The van der Waals surface area contributed by atoms with Crippen LogP contribution >= 0.6 is 0 Å². The molecule has 0 radical (unpaired) electrons. The minimum Gasteiger partial charge on any atom is -0.325 e. The summed E-state index contributed by atoms with van der Waals surface area (Å²) in [6.07, 6.45) is 3.21. The van der Waals surface area contributed by atoms with Gasteiger partial charge in [-0.25, -0.2) is 4.79 Å². The zero-order chi connectivity index (χ0) is 16.4. The maximum atomic E-state index is 12.1. The Bertz CT molecular complexity index is 787. The van der Waals surface area contributed by atoms with Crippen LogP contribution in [0.25, 0.3) is 11.4 Å². The molecular formula is C16H13N3O4. The Kier molecular flexibility index (Phi) is 3.84. The Labute approximate surface area is 131 Å². The lowest BCUT2D eigenvalue weighted by Crippen LogP contribution is -2.32. The first-order valence-electron chi connectivity index (χ1n) is 7.02. The van der Waals surface area contributed by atoms with Crippen molar-refractivity contribution in [1.29, 1.82) is 0 Å². The van der Waals surface area contributed by atoms with Crippen LogP contribution in [0.3, 0.4) is 0 Å². The van der Waals surface area contributed by atoms with E-state index >= 15 is 0 Å². The zero-order valence-electron chi connectivity index (χ0n) is 12.4. The van der Waals surface area contributed by atoms with E-state index in [1.54, 1.807) is 6.20 Å². The fourth-order valence-corrected chi connectivity index (χ4v) is 2.17. The van der Waals surface area contributed by atoms with Gasteiger partial charge in [0, 0.05) is 25.2 Å². The third-order valence-corrected chi connectivity index (χ3v) is 3.35. The van der Waals surface area contributed by atoms with E-state index in [0.29, 0.717) is 16.5 Å². The molecule has 0 saturated carbocycles. The molecule has 0 atom stereocenters. The second-order valence-electron chi connectivity index (χ2n) is 5.11. The van der Waals surface area contributed by atoms with Crippen molar-refractivity contribution in [1.82, 2.24) is 15.0 Å². The molecule has 0 aromatic carbocycles. The summed E-state index contributed by atoms with van der Waals surface area (Å²) >= 11 is 0. The number of rotatable bonds is 3. The van der Waals surface area contributed by atoms with Crippen molar-refractivity contribution in [3.8, 4) is 11.4 Å². The third-order valence-electron chi connectivity index (χ3n) is 3.35. The van der Waals surface area contributed by atoms with E-state index in [1.807, 2.05) is 19.1 Å². The van der Waals surface area contributed by atoms with Gasteiger partial charge in [0.05, 0.1) is 17.0 Å². The van der Waals surface area contributed by atoms with Crippen molar-refractivity contribution in [2.75, 3.05) is 0 Å². The van der Waals surface area contributed by atoms with E-state index in [0.717, 1.165) is 5.56 Å². The van der Waals surface area contributed by atoms with E-state index in [4.69, 9.17) is 4.84 Å². The summed E-state index contributed by atoms with van der Waals surface area (Å²) in [6, 6.07) is 6.65. The average molecular weight is 311 g/mol. The lowest BCUT2D eigenvalue weighted by atomic mass is 10.1. The van der Waals surface area contributed by atoms with Gasteiger partial charge in [-0.1, -0.05) is 0 Å². The monoisotopic (exact) mass is 311 g/mol. The predicted molar refractivity (Wildman–Crippen MR) is 78.7 cm³/mol. The number of aryl methyl sites for hydroxylation is 1. The van der Waals surface area contributed by atoms with Gasteiger partial charge in [-0.2, -0.15) is 0 Å². The van der Waals surface area contributed by atoms with Crippen molar-refractivity contribution in [3.05, 3.63) is 47.8 Å². The molecule has 7 nitrogen and oxygen atoms in total. The highest BCUT2D eigenvalue weighted by atomic mass is 16.7. The first kappa shape index (κ1) is 14.8. The van der Waals surface area contributed by atoms with Crippen LogP contribution in [-0.4, -0.2) is 32.8 Å². The molecule has 1 aliphatic heterocycles. The van der Waals surface area contributed by atoms with E-state index in [-0.39, 0.29) is 18.4 Å². The van der Waals surface area contributed by atoms with Crippen LogP contribution < -0.4 is 0 Å². The molecule has 0 N–H and O–H groups in total. The van der Waals surface area contributed by atoms with Crippen molar-refractivity contribution in [2.45, 2.75) is 19.8 Å². The topological polar surface area (TPSA) is 89.5 Å². The van der Waals surface area contributed by atoms with Gasteiger partial charge in [-0.15, -0.1) is 5.06 Å². The fourth-order valence-electron chi connectivity index (χ4n) is 2.17. The largest absolute Gasteiger partial charge is 0.364 e. The third kappa shape index (κ3) is 3.08. The molecule has 0 spiro atoms. The molecule has 1 aliphatic rings. The van der Waals surface area contributed by atoms with Gasteiger partial charge < -0.3 is 4.84 Å². The summed E-state index contributed by atoms with van der Waals surface area (Å²) in [6.45, 7) is 1.92. The number of amides is 2. The summed E-state index contributed by atoms with van der Waals surface area (Å²) in [7, 11) is 0. The summed E-state index contributed by atoms with van der Waals surface area (Å²) in [5.74, 6) is -1.82. The molecule has 0 bridgehead atoms. The average Bonchev–Trinajstić information content (AvgIpc) is 2.87. The van der Waals surface area contributed by atoms with Crippen molar-refractivity contribution >= 4 is 17.8 Å². The van der Waals surface area contributed by atoms with Crippen LogP contribution in [0.2, 0.25) is 0 Å². The first-order chi connectivity index (χ1) is 11.0. The number of carbonyl (C=O) groups is 3. The predicted octanol–water partition coefficient (Wildman–Crippen LogP) is 1.67. The SMILES string of the molecule is Cc1ccnc(-c2cc(C(=O)ON3C(=O)CCC3=O)ccn2)c1. The van der Waals surface area contributed by atoms with Crippen molar-refractivity contribution < 1.29 is 19.2 Å². The quantitative estimate of drug-likeness (QED) is 0.801. The van der Waals surface area contributed by atoms with E-state index in [1.165, 1.54) is 18.3 Å². The molecule has 0 aliphatic carbocycles. The molecule has 0 unspecified atom stereocenters. The molecule has 7 heteroatoms. The number of imide groups is 1. The highest BCUT2D eigenvalue weighted by Crippen LogP contribution is 2.18. The number of pyridine rings is 2. The van der Waals surface area contributed by atoms with E-state index in [2.05, 4.69) is 9.97 Å². The van der Waals surface area contributed by atoms with E-state index < -0.39 is 17.8 Å². The molecule has 1 fully saturated rings. The molecule has 2 amide bonds. The smallest absolute Gasteiger partial charge is 0.325 e. The Morgan fingerprint density at radius 3 is 2.30 bits per heavy atom. The number of hydrogen-bond donors (Lipinski definition) is 0. The second kappa shape index (κ2) is 5.96. The first-order valence-corrected chi connectivity index (χ1v) is 7.02. The van der Waals surface area contributed by atoms with Crippen LogP contribution in [0.15, 0.2) is 36.7 Å². The summed E-state index contributed by atoms with van der Waals surface area (Å²) < 4.78 is 0. The summed E-state index contributed by atoms with van der Waals surface area (Å²) in [4.78, 5) is 48.4. The maximum Gasteiger partial charge on any atom is 0.364 e. The summed E-state index contributed by atoms with van der Waals surface area (Å²) in [5.41, 5.74) is 2.32. The number of hydroxylamine groups is 2. The van der Waals surface area contributed by atoms with Gasteiger partial charge in [0.1, 0.15) is 0 Å². The Morgan fingerprint density at radius 1 is 1.04 bits per heavy atom. The number of hydrogen-bond acceptors (Lipinski definition) is 6. The lowest BCUT2D eigenvalue weighted by molar-refractivity contribution is -0.172. The minimum atomic E-state index is -0.787. The maximum absolute atomic E-state index is 12.1. The lowest BCUT2D eigenvalue weighted by Gasteiger charge is -2.12. The molecular weight excluding hydrogens is 298 g/mol. The molecule has 116 valence electrons. The highest BCUT2D eigenvalue weighted by Gasteiger charge is 2.33. The number of nitrogens with zero attached hydrogens (tertiary/aromatic N) is 3. The summed E-state index contributed by atoms with van der Waals surface area (Å²) in [5, 5.41) is 0.521. The van der Waals surface area contributed by atoms with Gasteiger partial charge >= 0.3 is 5.97 Å². The highest BCUT2D eigenvalue weighted by molar-refractivity contribution is 6.02. The second-order valence-corrected chi connectivity index (χ2v) is 5.11. The molecule has 3 rings (SSSR count). The van der Waals surface area contributed by atoms with Gasteiger partial charge in [-0.05, 0) is 36.8 Å². The Morgan fingerprint density at radius 2 is 1.65 bits per heavy atom. The number of aromatic nitrogens is 2. The zero-order valence-corrected chi connectivity index (χ0v) is 12.4. The van der Waals surface area contributed by atoms with Crippen molar-refractivity contribution in [3.63, 3.8) is 0 Å². The molecule has 2 aromatic rings. The number of carbonyl (C=O) groups excluding carboxylic acids is 3. The van der Waals surface area contributed by atoms with Crippen LogP contribution in [0.5, 0.6) is 0 Å². The standard InChI is InChI=1S/C16H13N3O4/c1-10-4-6-17-12(8-10)13-9-11(5-7-18-13)16(22)23-19-14(20)2-3-15(19)21/h4-9H,2-3H2,1H3. The molecule has 1 saturated heterocycles. The van der Waals surface area contributed by atoms with Crippen LogP contribution in [-0.2, 0) is 14.4 Å².